The Morgan fingerprint density at radius 1 is 1.30 bits per heavy atom. The molecule has 4 nitrogen and oxygen atoms in total. The van der Waals surface area contributed by atoms with E-state index < -0.39 is 10.0 Å². The zero-order valence-electron chi connectivity index (χ0n) is 11.4. The second-order valence-electron chi connectivity index (χ2n) is 5.04. The molecule has 1 atom stereocenters. The quantitative estimate of drug-likeness (QED) is 0.634. The number of benzene rings is 1. The minimum absolute atomic E-state index is 0.0258. The average molecular weight is 316 g/mol. The van der Waals surface area contributed by atoms with Crippen molar-refractivity contribution in [2.24, 2.45) is 0 Å². The van der Waals surface area contributed by atoms with Gasteiger partial charge in [-0.05, 0) is 31.9 Å². The van der Waals surface area contributed by atoms with Crippen LogP contribution in [0.4, 0.5) is 0 Å². The summed E-state index contributed by atoms with van der Waals surface area (Å²) in [7, 11) is -3.47. The van der Waals surface area contributed by atoms with Gasteiger partial charge in [0.2, 0.25) is 10.0 Å². The number of piperidine rings is 1. The van der Waals surface area contributed by atoms with Crippen LogP contribution in [0.15, 0.2) is 29.2 Å². The molecule has 110 valence electrons. The molecule has 0 aliphatic carbocycles. The van der Waals surface area contributed by atoms with Crippen molar-refractivity contribution in [3.8, 4) is 0 Å². The van der Waals surface area contributed by atoms with Gasteiger partial charge in [-0.25, -0.2) is 8.42 Å². The van der Waals surface area contributed by atoms with Gasteiger partial charge >= 0.3 is 0 Å². The molecule has 1 aliphatic rings. The maximum Gasteiger partial charge on any atom is 0.243 e. The fourth-order valence-corrected chi connectivity index (χ4v) is 4.31. The molecule has 0 bridgehead atoms. The van der Waals surface area contributed by atoms with Crippen molar-refractivity contribution in [2.75, 3.05) is 12.4 Å². The van der Waals surface area contributed by atoms with E-state index in [1.165, 1.54) is 24.3 Å². The summed E-state index contributed by atoms with van der Waals surface area (Å²) in [5.74, 6) is -0.308. The molecule has 1 saturated heterocycles. The molecule has 0 N–H and O–H groups in total. The molecule has 2 rings (SSSR count). The first-order valence-electron chi connectivity index (χ1n) is 6.68. The van der Waals surface area contributed by atoms with Crippen LogP contribution < -0.4 is 0 Å². The second kappa shape index (κ2) is 6.24. The van der Waals surface area contributed by atoms with Crippen molar-refractivity contribution < 1.29 is 13.2 Å². The standard InChI is InChI=1S/C14H18ClNO3S/c1-11-4-2-3-9-16(11)20(18,19)13-7-5-12(6-8-13)14(17)10-15/h5-8,11H,2-4,9-10H2,1H3. The third-order valence-electron chi connectivity index (χ3n) is 3.65. The third kappa shape index (κ3) is 3.05. The molecule has 0 saturated carbocycles. The molecule has 20 heavy (non-hydrogen) atoms. The second-order valence-corrected chi connectivity index (χ2v) is 7.20. The first-order valence-corrected chi connectivity index (χ1v) is 8.65. The lowest BCUT2D eigenvalue weighted by Crippen LogP contribution is -2.41. The van der Waals surface area contributed by atoms with E-state index in [0.717, 1.165) is 19.3 Å². The molecular weight excluding hydrogens is 298 g/mol. The van der Waals surface area contributed by atoms with Crippen LogP contribution in [0.25, 0.3) is 0 Å². The van der Waals surface area contributed by atoms with Gasteiger partial charge in [0.05, 0.1) is 10.8 Å². The molecule has 1 aromatic rings. The number of carbonyl (C=O) groups is 1. The Bertz CT molecular complexity index is 583. The van der Waals surface area contributed by atoms with Crippen LogP contribution in [0.3, 0.4) is 0 Å². The number of rotatable bonds is 4. The van der Waals surface area contributed by atoms with Crippen molar-refractivity contribution in [2.45, 2.75) is 37.1 Å². The number of hydrogen-bond donors (Lipinski definition) is 0. The van der Waals surface area contributed by atoms with Gasteiger partial charge in [0, 0.05) is 18.2 Å². The van der Waals surface area contributed by atoms with E-state index in [0.29, 0.717) is 12.1 Å². The maximum absolute atomic E-state index is 12.6. The molecule has 1 aliphatic heterocycles. The lowest BCUT2D eigenvalue weighted by molar-refractivity contribution is 0.102. The molecule has 1 fully saturated rings. The monoisotopic (exact) mass is 315 g/mol. The first-order chi connectivity index (χ1) is 9.46. The van der Waals surface area contributed by atoms with Gasteiger partial charge in [-0.15, -0.1) is 11.6 Å². The van der Waals surface area contributed by atoms with E-state index in [9.17, 15) is 13.2 Å². The van der Waals surface area contributed by atoms with Crippen LogP contribution >= 0.6 is 11.6 Å². The van der Waals surface area contributed by atoms with Crippen LogP contribution in [-0.2, 0) is 10.0 Å². The zero-order valence-corrected chi connectivity index (χ0v) is 13.0. The van der Waals surface area contributed by atoms with Gasteiger partial charge in [0.1, 0.15) is 0 Å². The molecule has 0 amide bonds. The highest BCUT2D eigenvalue weighted by Crippen LogP contribution is 2.25. The number of halogens is 1. The highest BCUT2D eigenvalue weighted by molar-refractivity contribution is 7.89. The van der Waals surface area contributed by atoms with E-state index in [2.05, 4.69) is 0 Å². The number of carbonyl (C=O) groups excluding carboxylic acids is 1. The molecule has 1 unspecified atom stereocenters. The van der Waals surface area contributed by atoms with Crippen LogP contribution in [0.1, 0.15) is 36.5 Å². The Kier molecular flexibility index (Phi) is 4.83. The molecule has 6 heteroatoms. The summed E-state index contributed by atoms with van der Waals surface area (Å²) in [6, 6.07) is 6.03. The fourth-order valence-electron chi connectivity index (χ4n) is 2.45. The molecule has 1 heterocycles. The minimum atomic E-state index is -3.47. The first kappa shape index (κ1) is 15.5. The Morgan fingerprint density at radius 2 is 1.95 bits per heavy atom. The summed E-state index contributed by atoms with van der Waals surface area (Å²) in [6.07, 6.45) is 2.85. The van der Waals surface area contributed by atoms with E-state index in [1.807, 2.05) is 6.92 Å². The summed E-state index contributed by atoms with van der Waals surface area (Å²) >= 11 is 5.48. The molecule has 0 radical (unpaired) electrons. The number of ketones is 1. The predicted octanol–water partition coefficient (Wildman–Crippen LogP) is 2.67. The predicted molar refractivity (Wildman–Crippen MR) is 78.7 cm³/mol. The average Bonchev–Trinajstić information content (AvgIpc) is 2.47. The third-order valence-corrected chi connectivity index (χ3v) is 5.92. The number of nitrogens with zero attached hydrogens (tertiary/aromatic N) is 1. The normalized spacial score (nSPS) is 20.8. The summed E-state index contributed by atoms with van der Waals surface area (Å²) in [6.45, 7) is 2.49. The Labute approximate surface area is 124 Å². The van der Waals surface area contributed by atoms with Gasteiger partial charge < -0.3 is 0 Å². The van der Waals surface area contributed by atoms with Crippen molar-refractivity contribution in [3.63, 3.8) is 0 Å². The Morgan fingerprint density at radius 3 is 2.50 bits per heavy atom. The summed E-state index contributed by atoms with van der Waals surface area (Å²) in [4.78, 5) is 11.7. The summed E-state index contributed by atoms with van der Waals surface area (Å²) < 4.78 is 26.7. The van der Waals surface area contributed by atoms with Gasteiger partial charge in [-0.1, -0.05) is 18.6 Å². The topological polar surface area (TPSA) is 54.5 Å². The van der Waals surface area contributed by atoms with Gasteiger partial charge in [-0.3, -0.25) is 4.79 Å². The van der Waals surface area contributed by atoms with Crippen LogP contribution in [0.5, 0.6) is 0 Å². The Balaban J connectivity index is 2.27. The highest BCUT2D eigenvalue weighted by Gasteiger charge is 2.30. The van der Waals surface area contributed by atoms with Gasteiger partial charge in [-0.2, -0.15) is 4.31 Å². The van der Waals surface area contributed by atoms with E-state index in [1.54, 1.807) is 4.31 Å². The smallest absolute Gasteiger partial charge is 0.243 e. The summed E-state index contributed by atoms with van der Waals surface area (Å²) in [5, 5.41) is 0. The molecule has 1 aromatic carbocycles. The molecule has 0 aromatic heterocycles. The largest absolute Gasteiger partial charge is 0.293 e. The van der Waals surface area contributed by atoms with Crippen molar-refractivity contribution in [1.29, 1.82) is 0 Å². The van der Waals surface area contributed by atoms with Crippen molar-refractivity contribution in [1.82, 2.24) is 4.31 Å². The number of hydrogen-bond acceptors (Lipinski definition) is 3. The van der Waals surface area contributed by atoms with Gasteiger partial charge in [0.15, 0.2) is 5.78 Å². The lowest BCUT2D eigenvalue weighted by Gasteiger charge is -2.32. The van der Waals surface area contributed by atoms with E-state index in [-0.39, 0.29) is 22.6 Å². The van der Waals surface area contributed by atoms with Crippen LogP contribution in [-0.4, -0.2) is 37.0 Å². The van der Waals surface area contributed by atoms with E-state index >= 15 is 0 Å². The Hall–Kier alpha value is -0.910. The van der Waals surface area contributed by atoms with Crippen molar-refractivity contribution >= 4 is 27.4 Å². The molecular formula is C14H18ClNO3S. The number of alkyl halides is 1. The lowest BCUT2D eigenvalue weighted by atomic mass is 10.1. The number of sulfonamides is 1. The highest BCUT2D eigenvalue weighted by atomic mass is 35.5. The minimum Gasteiger partial charge on any atom is -0.293 e. The van der Waals surface area contributed by atoms with Gasteiger partial charge in [0.25, 0.3) is 0 Å². The van der Waals surface area contributed by atoms with Crippen molar-refractivity contribution in [3.05, 3.63) is 29.8 Å². The fraction of sp³-hybridized carbons (Fsp3) is 0.500. The maximum atomic E-state index is 12.6. The molecule has 0 spiro atoms. The SMILES string of the molecule is CC1CCCCN1S(=O)(=O)c1ccc(C(=O)CCl)cc1. The summed E-state index contributed by atoms with van der Waals surface area (Å²) in [5.41, 5.74) is 0.436. The zero-order chi connectivity index (χ0) is 14.8. The van der Waals surface area contributed by atoms with Crippen LogP contribution in [0.2, 0.25) is 0 Å². The van der Waals surface area contributed by atoms with E-state index in [4.69, 9.17) is 11.6 Å². The number of Topliss-reactive ketones (excluding diaryl/α,β-unsaturated/α-hetero) is 1. The van der Waals surface area contributed by atoms with Crippen LogP contribution in [0, 0.1) is 0 Å².